The SMILES string of the molecule is CC(=O)c1cnc2cc(C)nn2c1/C=C/N(C)C. The maximum Gasteiger partial charge on any atom is 0.163 e. The first-order valence-corrected chi connectivity index (χ1v) is 5.70. The molecule has 2 rings (SSSR count). The second-order valence-corrected chi connectivity index (χ2v) is 4.45. The lowest BCUT2D eigenvalue weighted by atomic mass is 10.1. The molecule has 0 aliphatic rings. The molecular weight excluding hydrogens is 228 g/mol. The van der Waals surface area contributed by atoms with Crippen molar-refractivity contribution in [1.82, 2.24) is 19.5 Å². The first kappa shape index (κ1) is 12.3. The summed E-state index contributed by atoms with van der Waals surface area (Å²) in [4.78, 5) is 17.8. The van der Waals surface area contributed by atoms with Crippen LogP contribution in [-0.4, -0.2) is 39.4 Å². The lowest BCUT2D eigenvalue weighted by molar-refractivity contribution is 0.101. The van der Waals surface area contributed by atoms with Crippen LogP contribution in [0.15, 0.2) is 18.5 Å². The van der Waals surface area contributed by atoms with E-state index in [0.29, 0.717) is 5.56 Å². The van der Waals surface area contributed by atoms with Gasteiger partial charge in [-0.15, -0.1) is 0 Å². The molecule has 0 atom stereocenters. The highest BCUT2D eigenvalue weighted by Gasteiger charge is 2.11. The van der Waals surface area contributed by atoms with Gasteiger partial charge in [0.2, 0.25) is 0 Å². The highest BCUT2D eigenvalue weighted by Crippen LogP contribution is 2.14. The van der Waals surface area contributed by atoms with Gasteiger partial charge in [0.15, 0.2) is 11.4 Å². The summed E-state index contributed by atoms with van der Waals surface area (Å²) in [5.74, 6) is -0.0176. The van der Waals surface area contributed by atoms with Crippen molar-refractivity contribution in [2.24, 2.45) is 0 Å². The number of Topliss-reactive ketones (excluding diaryl/α,β-unsaturated/α-hetero) is 1. The number of ketones is 1. The molecule has 5 heteroatoms. The molecule has 0 N–H and O–H groups in total. The summed E-state index contributed by atoms with van der Waals surface area (Å²) in [5, 5.41) is 4.37. The van der Waals surface area contributed by atoms with Crippen molar-refractivity contribution in [3.8, 4) is 0 Å². The van der Waals surface area contributed by atoms with Crippen LogP contribution in [0, 0.1) is 6.92 Å². The summed E-state index contributed by atoms with van der Waals surface area (Å²) in [7, 11) is 3.85. The zero-order valence-electron chi connectivity index (χ0n) is 11.0. The first-order chi connectivity index (χ1) is 8.49. The van der Waals surface area contributed by atoms with Crippen LogP contribution in [0.5, 0.6) is 0 Å². The van der Waals surface area contributed by atoms with Gasteiger partial charge in [-0.2, -0.15) is 5.10 Å². The molecule has 0 saturated carbocycles. The first-order valence-electron chi connectivity index (χ1n) is 5.70. The van der Waals surface area contributed by atoms with Crippen LogP contribution in [0.3, 0.4) is 0 Å². The lowest BCUT2D eigenvalue weighted by Gasteiger charge is -2.07. The maximum atomic E-state index is 11.6. The van der Waals surface area contributed by atoms with Gasteiger partial charge >= 0.3 is 0 Å². The molecule has 2 aromatic rings. The fraction of sp³-hybridized carbons (Fsp3) is 0.308. The van der Waals surface area contributed by atoms with Gasteiger partial charge in [0.05, 0.1) is 17.0 Å². The standard InChI is InChI=1S/C13H16N4O/c1-9-7-13-14-8-11(10(2)18)12(17(13)15-9)5-6-16(3)4/h5-8H,1-4H3/b6-5+. The Hall–Kier alpha value is -2.17. The molecule has 18 heavy (non-hydrogen) atoms. The van der Waals surface area contributed by atoms with E-state index in [9.17, 15) is 4.79 Å². The summed E-state index contributed by atoms with van der Waals surface area (Å²) in [6.07, 6.45) is 5.37. The van der Waals surface area contributed by atoms with E-state index in [0.717, 1.165) is 17.0 Å². The van der Waals surface area contributed by atoms with Crippen LogP contribution >= 0.6 is 0 Å². The van der Waals surface area contributed by atoms with Gasteiger partial charge in [0, 0.05) is 32.6 Å². The minimum atomic E-state index is -0.0176. The number of aryl methyl sites for hydroxylation is 1. The fourth-order valence-corrected chi connectivity index (χ4v) is 1.72. The van der Waals surface area contributed by atoms with Crippen LogP contribution in [0.25, 0.3) is 11.7 Å². The Morgan fingerprint density at radius 3 is 2.78 bits per heavy atom. The Balaban J connectivity index is 2.69. The quantitative estimate of drug-likeness (QED) is 0.772. The largest absolute Gasteiger partial charge is 0.383 e. The molecule has 5 nitrogen and oxygen atoms in total. The summed E-state index contributed by atoms with van der Waals surface area (Å²) in [6, 6.07) is 1.89. The molecule has 0 aliphatic carbocycles. The van der Waals surface area contributed by atoms with Crippen LogP contribution < -0.4 is 0 Å². The molecule has 0 aromatic carbocycles. The topological polar surface area (TPSA) is 50.5 Å². The van der Waals surface area contributed by atoms with Gasteiger partial charge in [-0.25, -0.2) is 9.50 Å². The van der Waals surface area contributed by atoms with Crippen molar-refractivity contribution in [3.05, 3.63) is 35.4 Å². The lowest BCUT2D eigenvalue weighted by Crippen LogP contribution is -2.07. The van der Waals surface area contributed by atoms with Gasteiger partial charge in [-0.3, -0.25) is 4.79 Å². The number of nitrogens with zero attached hydrogens (tertiary/aromatic N) is 4. The van der Waals surface area contributed by atoms with E-state index >= 15 is 0 Å². The molecule has 94 valence electrons. The normalized spacial score (nSPS) is 11.3. The van der Waals surface area contributed by atoms with Gasteiger partial charge < -0.3 is 4.90 Å². The molecule has 2 heterocycles. The second-order valence-electron chi connectivity index (χ2n) is 4.45. The molecule has 2 aromatic heterocycles. The molecule has 0 unspecified atom stereocenters. The van der Waals surface area contributed by atoms with E-state index in [2.05, 4.69) is 10.1 Å². The molecule has 0 radical (unpaired) electrons. The average Bonchev–Trinajstić information content (AvgIpc) is 2.65. The van der Waals surface area contributed by atoms with Crippen molar-refractivity contribution >= 4 is 17.5 Å². The van der Waals surface area contributed by atoms with Crippen molar-refractivity contribution < 1.29 is 4.79 Å². The monoisotopic (exact) mass is 244 g/mol. The predicted octanol–water partition coefficient (Wildman–Crippen LogP) is 1.77. The second kappa shape index (κ2) is 4.60. The van der Waals surface area contributed by atoms with E-state index in [-0.39, 0.29) is 5.78 Å². The molecule has 0 fully saturated rings. The zero-order chi connectivity index (χ0) is 13.3. The maximum absolute atomic E-state index is 11.6. The number of carbonyl (C=O) groups is 1. The Kier molecular flexibility index (Phi) is 3.14. The van der Waals surface area contributed by atoms with E-state index in [1.807, 2.05) is 44.3 Å². The molecule has 0 spiro atoms. The smallest absolute Gasteiger partial charge is 0.163 e. The Morgan fingerprint density at radius 1 is 1.44 bits per heavy atom. The Bertz CT molecular complexity index is 625. The number of fused-ring (bicyclic) bond motifs is 1. The molecule has 0 aliphatic heterocycles. The average molecular weight is 244 g/mol. The minimum Gasteiger partial charge on any atom is -0.383 e. The van der Waals surface area contributed by atoms with Crippen LogP contribution in [-0.2, 0) is 0 Å². The summed E-state index contributed by atoms with van der Waals surface area (Å²) >= 11 is 0. The third-order valence-electron chi connectivity index (χ3n) is 2.55. The Morgan fingerprint density at radius 2 is 2.17 bits per heavy atom. The van der Waals surface area contributed by atoms with E-state index in [1.54, 1.807) is 10.7 Å². The Labute approximate surface area is 106 Å². The fourth-order valence-electron chi connectivity index (χ4n) is 1.72. The molecule has 0 saturated heterocycles. The number of carbonyl (C=O) groups excluding carboxylic acids is 1. The van der Waals surface area contributed by atoms with Crippen molar-refractivity contribution in [2.45, 2.75) is 13.8 Å². The number of aromatic nitrogens is 3. The number of hydrogen-bond donors (Lipinski definition) is 0. The third kappa shape index (κ3) is 2.25. The predicted molar refractivity (Wildman–Crippen MR) is 70.4 cm³/mol. The van der Waals surface area contributed by atoms with Gasteiger partial charge in [0.1, 0.15) is 0 Å². The van der Waals surface area contributed by atoms with Gasteiger partial charge in [0.25, 0.3) is 0 Å². The zero-order valence-corrected chi connectivity index (χ0v) is 11.0. The van der Waals surface area contributed by atoms with Gasteiger partial charge in [-0.05, 0) is 19.9 Å². The van der Waals surface area contributed by atoms with Crippen LogP contribution in [0.2, 0.25) is 0 Å². The van der Waals surface area contributed by atoms with Crippen molar-refractivity contribution in [1.29, 1.82) is 0 Å². The molecule has 0 amide bonds. The van der Waals surface area contributed by atoms with Crippen molar-refractivity contribution in [2.75, 3.05) is 14.1 Å². The van der Waals surface area contributed by atoms with E-state index < -0.39 is 0 Å². The van der Waals surface area contributed by atoms with Gasteiger partial charge in [-0.1, -0.05) is 0 Å². The summed E-state index contributed by atoms with van der Waals surface area (Å²) in [5.41, 5.74) is 2.96. The summed E-state index contributed by atoms with van der Waals surface area (Å²) < 4.78 is 1.70. The van der Waals surface area contributed by atoms with E-state index in [4.69, 9.17) is 0 Å². The minimum absolute atomic E-state index is 0.0176. The van der Waals surface area contributed by atoms with Crippen LogP contribution in [0.4, 0.5) is 0 Å². The number of hydrogen-bond acceptors (Lipinski definition) is 4. The molecular formula is C13H16N4O. The summed E-state index contributed by atoms with van der Waals surface area (Å²) in [6.45, 7) is 3.44. The van der Waals surface area contributed by atoms with Crippen LogP contribution in [0.1, 0.15) is 28.7 Å². The van der Waals surface area contributed by atoms with Crippen molar-refractivity contribution in [3.63, 3.8) is 0 Å². The molecule has 0 bridgehead atoms. The highest BCUT2D eigenvalue weighted by molar-refractivity contribution is 5.97. The highest BCUT2D eigenvalue weighted by atomic mass is 16.1. The van der Waals surface area contributed by atoms with E-state index in [1.165, 1.54) is 6.92 Å². The number of rotatable bonds is 3. The third-order valence-corrected chi connectivity index (χ3v) is 2.55.